The van der Waals surface area contributed by atoms with Gasteiger partial charge < -0.3 is 10.7 Å². The van der Waals surface area contributed by atoms with E-state index in [0.717, 1.165) is 18.6 Å². The van der Waals surface area contributed by atoms with Crippen LogP contribution in [0.1, 0.15) is 32.8 Å². The Labute approximate surface area is 117 Å². The highest BCUT2D eigenvalue weighted by Crippen LogP contribution is 2.22. The molecule has 0 bridgehead atoms. The Kier molecular flexibility index (Phi) is 8.11. The normalized spacial score (nSPS) is 10.8. The van der Waals surface area contributed by atoms with Gasteiger partial charge in [0.05, 0.1) is 5.70 Å². The largest absolute Gasteiger partial charge is 0.397 e. The average Bonchev–Trinajstić information content (AvgIpc) is 2.37. The van der Waals surface area contributed by atoms with E-state index < -0.39 is 16.7 Å². The maximum absolute atomic E-state index is 13.2. The van der Waals surface area contributed by atoms with Gasteiger partial charge in [0.15, 0.2) is 0 Å². The molecule has 0 saturated carbocycles. The molecule has 1 aromatic carbocycles. The molecule has 0 amide bonds. The third-order valence-corrected chi connectivity index (χ3v) is 2.46. The van der Waals surface area contributed by atoms with Crippen LogP contribution < -0.4 is 11.6 Å². The minimum absolute atomic E-state index is 0.176. The lowest BCUT2D eigenvalue weighted by Crippen LogP contribution is -2.26. The van der Waals surface area contributed by atoms with E-state index in [1.807, 2.05) is 20.8 Å². The topological polar surface area (TPSA) is 55.3 Å². The van der Waals surface area contributed by atoms with Gasteiger partial charge in [-0.25, -0.2) is 14.6 Å². The zero-order chi connectivity index (χ0) is 15.0. The summed E-state index contributed by atoms with van der Waals surface area (Å²) in [6, 6.07) is 2.13. The van der Waals surface area contributed by atoms with Gasteiger partial charge in [-0.05, 0) is 18.6 Å². The monoisotopic (exact) mass is 291 g/mol. The number of benzene rings is 1. The maximum Gasteiger partial charge on any atom is 0.145 e. The van der Waals surface area contributed by atoms with E-state index in [0.29, 0.717) is 6.54 Å². The van der Waals surface area contributed by atoms with Crippen molar-refractivity contribution in [2.45, 2.75) is 27.2 Å². The van der Waals surface area contributed by atoms with Gasteiger partial charge in [-0.1, -0.05) is 32.4 Å². The highest BCUT2D eigenvalue weighted by molar-refractivity contribution is 6.30. The van der Waals surface area contributed by atoms with Crippen molar-refractivity contribution < 1.29 is 8.78 Å². The fourth-order valence-corrected chi connectivity index (χ4v) is 1.41. The molecule has 0 aliphatic heterocycles. The minimum Gasteiger partial charge on any atom is -0.397 e. The van der Waals surface area contributed by atoms with E-state index in [1.54, 1.807) is 0 Å². The van der Waals surface area contributed by atoms with Crippen LogP contribution in [0.5, 0.6) is 0 Å². The first-order chi connectivity index (χ1) is 8.95. The van der Waals surface area contributed by atoms with Gasteiger partial charge >= 0.3 is 0 Å². The third kappa shape index (κ3) is 5.44. The molecule has 1 rings (SSSR count). The van der Waals surface area contributed by atoms with Crippen molar-refractivity contribution in [2.75, 3.05) is 6.54 Å². The highest BCUT2D eigenvalue weighted by atomic mass is 35.5. The van der Waals surface area contributed by atoms with Gasteiger partial charge in [0.1, 0.15) is 16.7 Å². The van der Waals surface area contributed by atoms with Gasteiger partial charge in [-0.2, -0.15) is 0 Å². The standard InChI is InChI=1S/C11H14ClF2N3.C2H6/c1-2-3-17(16)6-10(15)7-4-8(13)11(12)9(14)5-7;1-2/h4-6H,2-3,15-16H2,1H3;1-2H3/b10-6-;. The molecule has 0 atom stereocenters. The van der Waals surface area contributed by atoms with Crippen LogP contribution in [-0.2, 0) is 0 Å². The van der Waals surface area contributed by atoms with Crippen LogP contribution in [0.15, 0.2) is 18.3 Å². The molecule has 0 unspecified atom stereocenters. The Morgan fingerprint density at radius 2 is 1.79 bits per heavy atom. The van der Waals surface area contributed by atoms with Gasteiger partial charge in [0.2, 0.25) is 0 Å². The zero-order valence-corrected chi connectivity index (χ0v) is 12.1. The van der Waals surface area contributed by atoms with Crippen molar-refractivity contribution in [1.29, 1.82) is 0 Å². The van der Waals surface area contributed by atoms with Crippen molar-refractivity contribution in [3.63, 3.8) is 0 Å². The second-order valence-electron chi connectivity index (χ2n) is 3.58. The summed E-state index contributed by atoms with van der Waals surface area (Å²) in [6.07, 6.45) is 2.26. The summed E-state index contributed by atoms with van der Waals surface area (Å²) in [5.41, 5.74) is 6.06. The van der Waals surface area contributed by atoms with Gasteiger partial charge in [0, 0.05) is 18.3 Å². The first-order valence-corrected chi connectivity index (χ1v) is 6.47. The molecule has 4 N–H and O–H groups in total. The fourth-order valence-electron chi connectivity index (χ4n) is 1.30. The van der Waals surface area contributed by atoms with Crippen LogP contribution in [-0.4, -0.2) is 11.6 Å². The Hall–Kier alpha value is -1.33. The highest BCUT2D eigenvalue weighted by Gasteiger charge is 2.10. The summed E-state index contributed by atoms with van der Waals surface area (Å²) in [5, 5.41) is 0.819. The summed E-state index contributed by atoms with van der Waals surface area (Å²) < 4.78 is 26.4. The first kappa shape index (κ1) is 17.7. The number of halogens is 3. The lowest BCUT2D eigenvalue weighted by atomic mass is 10.1. The van der Waals surface area contributed by atoms with Gasteiger partial charge in [0.25, 0.3) is 0 Å². The van der Waals surface area contributed by atoms with Gasteiger partial charge in [-0.3, -0.25) is 0 Å². The molecule has 1 aromatic rings. The fraction of sp³-hybridized carbons (Fsp3) is 0.385. The average molecular weight is 292 g/mol. The van der Waals surface area contributed by atoms with Crippen molar-refractivity contribution >= 4 is 17.3 Å². The van der Waals surface area contributed by atoms with Crippen molar-refractivity contribution in [2.24, 2.45) is 11.6 Å². The van der Waals surface area contributed by atoms with Crippen LogP contribution in [0.4, 0.5) is 8.78 Å². The van der Waals surface area contributed by atoms with E-state index in [1.165, 1.54) is 11.2 Å². The minimum atomic E-state index is -0.850. The summed E-state index contributed by atoms with van der Waals surface area (Å²) in [6.45, 7) is 6.55. The Morgan fingerprint density at radius 1 is 1.32 bits per heavy atom. The molecule has 6 heteroatoms. The molecule has 0 aliphatic carbocycles. The van der Waals surface area contributed by atoms with Crippen molar-refractivity contribution in [1.82, 2.24) is 5.01 Å². The lowest BCUT2D eigenvalue weighted by Gasteiger charge is -2.13. The molecule has 0 saturated heterocycles. The van der Waals surface area contributed by atoms with Crippen LogP contribution >= 0.6 is 11.6 Å². The van der Waals surface area contributed by atoms with E-state index in [2.05, 4.69) is 0 Å². The van der Waals surface area contributed by atoms with Gasteiger partial charge in [-0.15, -0.1) is 0 Å². The molecule has 0 radical (unpaired) electrons. The molecule has 19 heavy (non-hydrogen) atoms. The number of rotatable bonds is 4. The second kappa shape index (κ2) is 8.72. The SMILES string of the molecule is CC.CCCN(N)/C=C(\N)c1cc(F)c(Cl)c(F)c1. The number of hydrazine groups is 1. The van der Waals surface area contributed by atoms with Crippen molar-refractivity contribution in [3.8, 4) is 0 Å². The summed E-state index contributed by atoms with van der Waals surface area (Å²) in [5.74, 6) is 3.89. The molecule has 3 nitrogen and oxygen atoms in total. The molecule has 108 valence electrons. The zero-order valence-electron chi connectivity index (χ0n) is 11.4. The van der Waals surface area contributed by atoms with E-state index >= 15 is 0 Å². The number of hydrogen-bond acceptors (Lipinski definition) is 3. The van der Waals surface area contributed by atoms with E-state index in [-0.39, 0.29) is 11.3 Å². The third-order valence-electron chi connectivity index (χ3n) is 2.10. The number of nitrogens with zero attached hydrogens (tertiary/aromatic N) is 1. The Balaban J connectivity index is 0.00000154. The van der Waals surface area contributed by atoms with Crippen LogP contribution in [0, 0.1) is 11.6 Å². The summed E-state index contributed by atoms with van der Waals surface area (Å²) >= 11 is 5.36. The smallest absolute Gasteiger partial charge is 0.145 e. The molecule has 0 aromatic heterocycles. The summed E-state index contributed by atoms with van der Waals surface area (Å²) in [7, 11) is 0. The quantitative estimate of drug-likeness (QED) is 0.507. The molecule has 0 aliphatic rings. The second-order valence-corrected chi connectivity index (χ2v) is 3.95. The molecule has 0 spiro atoms. The predicted molar refractivity (Wildman–Crippen MR) is 76.1 cm³/mol. The Morgan fingerprint density at radius 3 is 2.21 bits per heavy atom. The molecule has 0 fully saturated rings. The number of nitrogens with two attached hydrogens (primary N) is 2. The predicted octanol–water partition coefficient (Wildman–Crippen LogP) is 3.49. The molecular weight excluding hydrogens is 272 g/mol. The van der Waals surface area contributed by atoms with Crippen molar-refractivity contribution in [3.05, 3.63) is 40.6 Å². The molecule has 0 heterocycles. The molecular formula is C13H20ClF2N3. The van der Waals surface area contributed by atoms with Crippen LogP contribution in [0.25, 0.3) is 5.70 Å². The summed E-state index contributed by atoms with van der Waals surface area (Å²) in [4.78, 5) is 0. The lowest BCUT2D eigenvalue weighted by molar-refractivity contribution is 0.394. The van der Waals surface area contributed by atoms with Crippen LogP contribution in [0.3, 0.4) is 0 Å². The maximum atomic E-state index is 13.2. The Bertz CT molecular complexity index is 413. The number of hydrogen-bond donors (Lipinski definition) is 2. The first-order valence-electron chi connectivity index (χ1n) is 6.09. The van der Waals surface area contributed by atoms with E-state index in [4.69, 9.17) is 23.2 Å². The van der Waals surface area contributed by atoms with Crippen LogP contribution in [0.2, 0.25) is 5.02 Å². The van der Waals surface area contributed by atoms with E-state index in [9.17, 15) is 8.78 Å².